The molecule has 8 heteroatoms. The van der Waals surface area contributed by atoms with Gasteiger partial charge >= 0.3 is 12.4 Å². The number of hydrogen-bond donors (Lipinski definition) is 1. The molecular formula is C10H15F6NO. The van der Waals surface area contributed by atoms with Crippen LogP contribution in [0, 0.1) is 5.92 Å². The standard InChI is InChI=1S/C10H15F6NO/c1-7-2-4-17(5-3-7)6-8(18,9(11,12)13)10(14,15)16/h7,18H,2-6H2,1H3. The van der Waals surface area contributed by atoms with Gasteiger partial charge in [0.05, 0.1) is 0 Å². The predicted octanol–water partition coefficient (Wildman–Crippen LogP) is 2.57. The van der Waals surface area contributed by atoms with E-state index in [1.807, 2.05) is 6.92 Å². The van der Waals surface area contributed by atoms with Crippen LogP contribution in [0.2, 0.25) is 0 Å². The predicted molar refractivity (Wildman–Crippen MR) is 51.9 cm³/mol. The molecule has 0 aliphatic carbocycles. The van der Waals surface area contributed by atoms with Crippen molar-refractivity contribution in [1.29, 1.82) is 0 Å². The molecule has 1 saturated heterocycles. The fourth-order valence-electron chi connectivity index (χ4n) is 1.88. The molecule has 108 valence electrons. The van der Waals surface area contributed by atoms with Gasteiger partial charge in [-0.2, -0.15) is 26.3 Å². The van der Waals surface area contributed by atoms with Gasteiger partial charge in [0.1, 0.15) is 0 Å². The van der Waals surface area contributed by atoms with Crippen molar-refractivity contribution in [2.75, 3.05) is 19.6 Å². The number of alkyl halides is 6. The van der Waals surface area contributed by atoms with Crippen molar-refractivity contribution in [2.45, 2.75) is 37.7 Å². The number of likely N-dealkylation sites (tertiary alicyclic amines) is 1. The van der Waals surface area contributed by atoms with Gasteiger partial charge in [0, 0.05) is 6.54 Å². The van der Waals surface area contributed by atoms with Crippen LogP contribution in [0.15, 0.2) is 0 Å². The Morgan fingerprint density at radius 2 is 1.39 bits per heavy atom. The van der Waals surface area contributed by atoms with Gasteiger partial charge in [0.2, 0.25) is 0 Å². The Balaban J connectivity index is 2.81. The van der Waals surface area contributed by atoms with Gasteiger partial charge in [-0.15, -0.1) is 0 Å². The van der Waals surface area contributed by atoms with Gasteiger partial charge in [-0.25, -0.2) is 0 Å². The Kier molecular flexibility index (Phi) is 4.22. The summed E-state index contributed by atoms with van der Waals surface area (Å²) in [5, 5.41) is 9.01. The zero-order valence-electron chi connectivity index (χ0n) is 9.78. The van der Waals surface area contributed by atoms with E-state index in [1.54, 1.807) is 0 Å². The van der Waals surface area contributed by atoms with Crippen LogP contribution >= 0.6 is 0 Å². The van der Waals surface area contributed by atoms with Gasteiger partial charge in [-0.1, -0.05) is 6.92 Å². The van der Waals surface area contributed by atoms with Crippen LogP contribution in [-0.2, 0) is 0 Å². The number of hydrogen-bond acceptors (Lipinski definition) is 2. The maximum Gasteiger partial charge on any atom is 0.427 e. The third-order valence-corrected chi connectivity index (χ3v) is 3.27. The van der Waals surface area contributed by atoms with Gasteiger partial charge in [-0.05, 0) is 31.8 Å². The van der Waals surface area contributed by atoms with E-state index in [9.17, 15) is 26.3 Å². The average molecular weight is 279 g/mol. The van der Waals surface area contributed by atoms with Crippen molar-refractivity contribution in [3.05, 3.63) is 0 Å². The maximum atomic E-state index is 12.4. The number of piperidine rings is 1. The van der Waals surface area contributed by atoms with Crippen LogP contribution in [0.3, 0.4) is 0 Å². The van der Waals surface area contributed by atoms with E-state index >= 15 is 0 Å². The number of aliphatic hydroxyl groups is 1. The lowest BCUT2D eigenvalue weighted by Gasteiger charge is -2.39. The number of nitrogens with zero attached hydrogens (tertiary/aromatic N) is 1. The first kappa shape index (κ1) is 15.6. The summed E-state index contributed by atoms with van der Waals surface area (Å²) in [7, 11) is 0. The average Bonchev–Trinajstić information content (AvgIpc) is 2.18. The molecule has 0 aromatic rings. The highest BCUT2D eigenvalue weighted by atomic mass is 19.4. The number of halogens is 6. The molecule has 0 amide bonds. The summed E-state index contributed by atoms with van der Waals surface area (Å²) < 4.78 is 74.6. The summed E-state index contributed by atoms with van der Waals surface area (Å²) in [6.45, 7) is 0.703. The third kappa shape index (κ3) is 3.09. The van der Waals surface area contributed by atoms with Crippen LogP contribution in [0.5, 0.6) is 0 Å². The number of β-amino-alcohol motifs (C(OH)–C–C–N with tert-alkyl or cyclic N) is 1. The van der Waals surface area contributed by atoms with Crippen LogP contribution in [0.4, 0.5) is 26.3 Å². The third-order valence-electron chi connectivity index (χ3n) is 3.27. The Labute approximate surface area is 101 Å². The van der Waals surface area contributed by atoms with Crippen molar-refractivity contribution in [3.63, 3.8) is 0 Å². The molecule has 1 fully saturated rings. The van der Waals surface area contributed by atoms with Crippen molar-refractivity contribution >= 4 is 0 Å². The largest absolute Gasteiger partial charge is 0.427 e. The molecule has 0 atom stereocenters. The van der Waals surface area contributed by atoms with Gasteiger partial charge in [0.25, 0.3) is 5.60 Å². The molecule has 1 rings (SSSR count). The summed E-state index contributed by atoms with van der Waals surface area (Å²) in [5.74, 6) is 0.283. The molecule has 1 N–H and O–H groups in total. The van der Waals surface area contributed by atoms with Crippen LogP contribution in [0.1, 0.15) is 19.8 Å². The molecule has 0 spiro atoms. The van der Waals surface area contributed by atoms with E-state index in [2.05, 4.69) is 0 Å². The van der Waals surface area contributed by atoms with E-state index in [-0.39, 0.29) is 19.0 Å². The highest BCUT2D eigenvalue weighted by Crippen LogP contribution is 2.43. The Hall–Kier alpha value is -0.500. The second-order valence-electron chi connectivity index (χ2n) is 4.81. The van der Waals surface area contributed by atoms with Crippen molar-refractivity contribution < 1.29 is 31.4 Å². The molecule has 0 unspecified atom stereocenters. The molecule has 0 bridgehead atoms. The zero-order chi connectivity index (χ0) is 14.2. The molecule has 0 radical (unpaired) electrons. The van der Waals surface area contributed by atoms with Crippen LogP contribution < -0.4 is 0 Å². The minimum absolute atomic E-state index is 0.135. The lowest BCUT2D eigenvalue weighted by molar-refractivity contribution is -0.371. The van der Waals surface area contributed by atoms with Crippen LogP contribution in [-0.4, -0.2) is 47.6 Å². The molecule has 18 heavy (non-hydrogen) atoms. The van der Waals surface area contributed by atoms with E-state index < -0.39 is 24.5 Å². The van der Waals surface area contributed by atoms with Gasteiger partial charge in [-0.3, -0.25) is 4.90 Å². The van der Waals surface area contributed by atoms with E-state index in [1.165, 1.54) is 0 Å². The lowest BCUT2D eigenvalue weighted by atomic mass is 9.96. The molecule has 2 nitrogen and oxygen atoms in total. The first-order valence-corrected chi connectivity index (χ1v) is 5.55. The molecule has 1 aliphatic heterocycles. The van der Waals surface area contributed by atoms with Crippen molar-refractivity contribution in [1.82, 2.24) is 4.90 Å². The molecule has 0 saturated carbocycles. The monoisotopic (exact) mass is 279 g/mol. The summed E-state index contributed by atoms with van der Waals surface area (Å²) in [5.41, 5.74) is -4.65. The molecule has 0 aromatic heterocycles. The van der Waals surface area contributed by atoms with Crippen molar-refractivity contribution in [3.8, 4) is 0 Å². The topological polar surface area (TPSA) is 23.5 Å². The molecule has 1 aliphatic rings. The summed E-state index contributed by atoms with van der Waals surface area (Å²) >= 11 is 0. The zero-order valence-corrected chi connectivity index (χ0v) is 9.78. The quantitative estimate of drug-likeness (QED) is 0.785. The van der Waals surface area contributed by atoms with Gasteiger partial charge < -0.3 is 5.11 Å². The first-order chi connectivity index (χ1) is 7.97. The Bertz CT molecular complexity index is 265. The highest BCUT2D eigenvalue weighted by Gasteiger charge is 2.70. The second kappa shape index (κ2) is 4.88. The fraction of sp³-hybridized carbons (Fsp3) is 1.00. The first-order valence-electron chi connectivity index (χ1n) is 5.55. The van der Waals surface area contributed by atoms with E-state index in [0.717, 1.165) is 4.90 Å². The summed E-state index contributed by atoms with van der Waals surface area (Å²) in [6, 6.07) is 0. The SMILES string of the molecule is CC1CCN(CC(O)(C(F)(F)F)C(F)(F)F)CC1. The van der Waals surface area contributed by atoms with Crippen molar-refractivity contribution in [2.24, 2.45) is 5.92 Å². The van der Waals surface area contributed by atoms with Crippen LogP contribution in [0.25, 0.3) is 0 Å². The minimum Gasteiger partial charge on any atom is -0.373 e. The summed E-state index contributed by atoms with van der Waals surface area (Å²) in [4.78, 5) is 1.01. The normalized spacial score (nSPS) is 21.3. The minimum atomic E-state index is -5.73. The Morgan fingerprint density at radius 1 is 1.00 bits per heavy atom. The smallest absolute Gasteiger partial charge is 0.373 e. The molecule has 1 heterocycles. The van der Waals surface area contributed by atoms with E-state index in [4.69, 9.17) is 5.11 Å². The second-order valence-corrected chi connectivity index (χ2v) is 4.81. The highest BCUT2D eigenvalue weighted by molar-refractivity contribution is 4.97. The van der Waals surface area contributed by atoms with E-state index in [0.29, 0.717) is 12.8 Å². The Morgan fingerprint density at radius 3 is 1.72 bits per heavy atom. The fourth-order valence-corrected chi connectivity index (χ4v) is 1.88. The maximum absolute atomic E-state index is 12.4. The van der Waals surface area contributed by atoms with Gasteiger partial charge in [0.15, 0.2) is 0 Å². The number of rotatable bonds is 2. The lowest BCUT2D eigenvalue weighted by Crippen LogP contribution is -2.63. The molecular weight excluding hydrogens is 264 g/mol. The summed E-state index contributed by atoms with van der Waals surface area (Å²) in [6.07, 6.45) is -10.4. The molecule has 0 aromatic carbocycles.